The lowest BCUT2D eigenvalue weighted by Gasteiger charge is -2.37. The first-order valence-electron chi connectivity index (χ1n) is 6.06. The summed E-state index contributed by atoms with van der Waals surface area (Å²) < 4.78 is 0. The summed E-state index contributed by atoms with van der Waals surface area (Å²) in [6.45, 7) is 5.59. The number of rotatable bonds is 3. The van der Waals surface area contributed by atoms with E-state index >= 15 is 0 Å². The minimum absolute atomic E-state index is 0.0726. The van der Waals surface area contributed by atoms with Crippen molar-refractivity contribution in [2.24, 2.45) is 5.92 Å². The smallest absolute Gasteiger partial charge is 0.239 e. The van der Waals surface area contributed by atoms with E-state index in [1.807, 2.05) is 13.8 Å². The van der Waals surface area contributed by atoms with Crippen LogP contribution in [0.15, 0.2) is 0 Å². The van der Waals surface area contributed by atoms with Crippen LogP contribution in [0.3, 0.4) is 0 Å². The molecule has 0 aromatic carbocycles. The van der Waals surface area contributed by atoms with E-state index in [0.717, 1.165) is 25.9 Å². The van der Waals surface area contributed by atoms with E-state index in [0.29, 0.717) is 5.92 Å². The molecule has 3 atom stereocenters. The van der Waals surface area contributed by atoms with Gasteiger partial charge in [0.15, 0.2) is 0 Å². The number of hydrogen-bond acceptors (Lipinski definition) is 3. The van der Waals surface area contributed by atoms with Crippen molar-refractivity contribution in [2.45, 2.75) is 38.8 Å². The van der Waals surface area contributed by atoms with Crippen LogP contribution in [0, 0.1) is 5.92 Å². The number of nitrogens with zero attached hydrogens (tertiary/aromatic N) is 2. The van der Waals surface area contributed by atoms with Gasteiger partial charge in [-0.15, -0.1) is 0 Å². The molecule has 1 fully saturated rings. The average molecular weight is 228 g/mol. The fourth-order valence-electron chi connectivity index (χ4n) is 2.32. The summed E-state index contributed by atoms with van der Waals surface area (Å²) in [7, 11) is 3.57. The summed E-state index contributed by atoms with van der Waals surface area (Å²) in [4.78, 5) is 15.7. The van der Waals surface area contributed by atoms with Crippen LogP contribution < -0.4 is 0 Å². The zero-order valence-electron chi connectivity index (χ0n) is 10.8. The van der Waals surface area contributed by atoms with Gasteiger partial charge in [-0.25, -0.2) is 0 Å². The highest BCUT2D eigenvalue weighted by molar-refractivity contribution is 5.80. The molecule has 16 heavy (non-hydrogen) atoms. The summed E-state index contributed by atoms with van der Waals surface area (Å²) in [6, 6.07) is -0.0726. The van der Waals surface area contributed by atoms with Crippen LogP contribution in [-0.4, -0.2) is 60.1 Å². The van der Waals surface area contributed by atoms with Crippen molar-refractivity contribution in [1.82, 2.24) is 9.80 Å². The molecule has 4 heteroatoms. The Hall–Kier alpha value is -0.610. The second-order valence-electron chi connectivity index (χ2n) is 5.05. The quantitative estimate of drug-likeness (QED) is 0.767. The highest BCUT2D eigenvalue weighted by Crippen LogP contribution is 2.21. The first-order chi connectivity index (χ1) is 7.43. The third-order valence-corrected chi connectivity index (χ3v) is 3.52. The molecule has 1 heterocycles. The molecule has 0 aromatic rings. The lowest BCUT2D eigenvalue weighted by Crippen LogP contribution is -2.50. The molecule has 1 rings (SSSR count). The maximum atomic E-state index is 11.8. The van der Waals surface area contributed by atoms with E-state index < -0.39 is 0 Å². The third kappa shape index (κ3) is 3.19. The zero-order chi connectivity index (χ0) is 12.3. The van der Waals surface area contributed by atoms with Crippen molar-refractivity contribution in [3.63, 3.8) is 0 Å². The molecule has 1 aliphatic heterocycles. The number of carbonyl (C=O) groups excluding carboxylic acids is 1. The van der Waals surface area contributed by atoms with Crippen molar-refractivity contribution in [1.29, 1.82) is 0 Å². The number of likely N-dealkylation sites (tertiary alicyclic amines) is 1. The molecule has 0 saturated carbocycles. The van der Waals surface area contributed by atoms with E-state index in [-0.39, 0.29) is 18.1 Å². The Labute approximate surface area is 98.2 Å². The topological polar surface area (TPSA) is 43.8 Å². The molecule has 0 aromatic heterocycles. The third-order valence-electron chi connectivity index (χ3n) is 3.52. The molecule has 1 amide bonds. The van der Waals surface area contributed by atoms with E-state index in [1.165, 1.54) is 0 Å². The second kappa shape index (κ2) is 5.64. The van der Waals surface area contributed by atoms with Crippen LogP contribution >= 0.6 is 0 Å². The van der Waals surface area contributed by atoms with Crippen LogP contribution in [0.25, 0.3) is 0 Å². The van der Waals surface area contributed by atoms with Gasteiger partial charge in [-0.1, -0.05) is 0 Å². The number of likely N-dealkylation sites (N-methyl/N-ethyl adjacent to an activating group) is 1. The fourth-order valence-corrected chi connectivity index (χ4v) is 2.32. The van der Waals surface area contributed by atoms with Gasteiger partial charge >= 0.3 is 0 Å². The molecule has 1 N–H and O–H groups in total. The van der Waals surface area contributed by atoms with Gasteiger partial charge in [0.25, 0.3) is 0 Å². The van der Waals surface area contributed by atoms with Crippen molar-refractivity contribution in [3.8, 4) is 0 Å². The maximum Gasteiger partial charge on any atom is 0.239 e. The standard InChI is InChI=1S/C12H24N2O2/c1-9(12(16)13(3)4)14-7-5-6-11(8-14)10(2)15/h9-11,15H,5-8H2,1-4H3. The number of aliphatic hydroxyl groups is 1. The molecule has 0 radical (unpaired) electrons. The Balaban J connectivity index is 2.56. The number of hydrogen-bond donors (Lipinski definition) is 1. The van der Waals surface area contributed by atoms with Gasteiger partial charge in [0.1, 0.15) is 0 Å². The average Bonchev–Trinajstić information content (AvgIpc) is 2.27. The van der Waals surface area contributed by atoms with Gasteiger partial charge in [-0.3, -0.25) is 9.69 Å². The summed E-state index contributed by atoms with van der Waals surface area (Å²) in [5.74, 6) is 0.456. The van der Waals surface area contributed by atoms with Crippen molar-refractivity contribution >= 4 is 5.91 Å². The molecule has 94 valence electrons. The van der Waals surface area contributed by atoms with E-state index in [9.17, 15) is 9.90 Å². The zero-order valence-corrected chi connectivity index (χ0v) is 10.8. The minimum Gasteiger partial charge on any atom is -0.393 e. The molecule has 1 saturated heterocycles. The van der Waals surface area contributed by atoms with Crippen LogP contribution in [-0.2, 0) is 4.79 Å². The minimum atomic E-state index is -0.274. The van der Waals surface area contributed by atoms with E-state index in [1.54, 1.807) is 19.0 Å². The highest BCUT2D eigenvalue weighted by Gasteiger charge is 2.29. The van der Waals surface area contributed by atoms with Crippen LogP contribution in [0.4, 0.5) is 0 Å². The van der Waals surface area contributed by atoms with E-state index in [4.69, 9.17) is 0 Å². The van der Waals surface area contributed by atoms with Gasteiger partial charge in [-0.2, -0.15) is 0 Å². The second-order valence-corrected chi connectivity index (χ2v) is 5.05. The van der Waals surface area contributed by atoms with Crippen molar-refractivity contribution in [2.75, 3.05) is 27.2 Å². The van der Waals surface area contributed by atoms with Crippen LogP contribution in [0.1, 0.15) is 26.7 Å². The highest BCUT2D eigenvalue weighted by atomic mass is 16.3. The van der Waals surface area contributed by atoms with Gasteiger partial charge < -0.3 is 10.0 Å². The molecular formula is C12H24N2O2. The molecule has 0 aliphatic carbocycles. The number of aliphatic hydroxyl groups excluding tert-OH is 1. The Kier molecular flexibility index (Phi) is 4.74. The Morgan fingerprint density at radius 2 is 2.06 bits per heavy atom. The summed E-state index contributed by atoms with van der Waals surface area (Å²) in [5.41, 5.74) is 0. The summed E-state index contributed by atoms with van der Waals surface area (Å²) in [6.07, 6.45) is 1.86. The Morgan fingerprint density at radius 3 is 2.56 bits per heavy atom. The molecule has 0 spiro atoms. The lowest BCUT2D eigenvalue weighted by atomic mass is 9.92. The predicted octanol–water partition coefficient (Wildman–Crippen LogP) is 0.556. The van der Waals surface area contributed by atoms with Gasteiger partial charge in [-0.05, 0) is 39.2 Å². The number of carbonyl (C=O) groups is 1. The van der Waals surface area contributed by atoms with E-state index in [2.05, 4.69) is 4.90 Å². The molecule has 3 unspecified atom stereocenters. The largest absolute Gasteiger partial charge is 0.393 e. The van der Waals surface area contributed by atoms with Gasteiger partial charge in [0.2, 0.25) is 5.91 Å². The van der Waals surface area contributed by atoms with Crippen molar-refractivity contribution < 1.29 is 9.90 Å². The summed E-state index contributed by atoms with van der Waals surface area (Å²) in [5, 5.41) is 9.60. The normalized spacial score (nSPS) is 26.2. The Morgan fingerprint density at radius 1 is 1.44 bits per heavy atom. The van der Waals surface area contributed by atoms with Crippen molar-refractivity contribution in [3.05, 3.63) is 0 Å². The molecule has 4 nitrogen and oxygen atoms in total. The first-order valence-corrected chi connectivity index (χ1v) is 6.06. The summed E-state index contributed by atoms with van der Waals surface area (Å²) >= 11 is 0. The number of piperidine rings is 1. The maximum absolute atomic E-state index is 11.8. The first kappa shape index (κ1) is 13.5. The SMILES string of the molecule is CC(O)C1CCCN(C(C)C(=O)N(C)C)C1. The van der Waals surface area contributed by atoms with Crippen LogP contribution in [0.5, 0.6) is 0 Å². The monoisotopic (exact) mass is 228 g/mol. The molecular weight excluding hydrogens is 204 g/mol. The predicted molar refractivity (Wildman–Crippen MR) is 64.1 cm³/mol. The van der Waals surface area contributed by atoms with Crippen LogP contribution in [0.2, 0.25) is 0 Å². The van der Waals surface area contributed by atoms with Gasteiger partial charge in [0, 0.05) is 20.6 Å². The fraction of sp³-hybridized carbons (Fsp3) is 0.917. The number of amides is 1. The van der Waals surface area contributed by atoms with Gasteiger partial charge in [0.05, 0.1) is 12.1 Å². The molecule has 0 bridgehead atoms. The Bertz CT molecular complexity index is 241. The lowest BCUT2D eigenvalue weighted by molar-refractivity contribution is -0.134. The molecule has 1 aliphatic rings.